The zero-order chi connectivity index (χ0) is 19.7. The van der Waals surface area contributed by atoms with Crippen molar-refractivity contribution in [1.29, 1.82) is 0 Å². The van der Waals surface area contributed by atoms with E-state index < -0.39 is 10.0 Å². The molecule has 0 fully saturated rings. The predicted molar refractivity (Wildman–Crippen MR) is 107 cm³/mol. The van der Waals surface area contributed by atoms with E-state index in [2.05, 4.69) is 4.72 Å². The predicted octanol–water partition coefficient (Wildman–Crippen LogP) is 3.85. The molecule has 1 aliphatic rings. The molecule has 3 aromatic rings. The van der Waals surface area contributed by atoms with Crippen molar-refractivity contribution in [2.75, 3.05) is 16.2 Å². The average molecular weight is 396 g/mol. The number of anilines is 2. The number of nitrogens with zero attached hydrogens (tertiary/aromatic N) is 1. The van der Waals surface area contributed by atoms with Crippen LogP contribution in [0.1, 0.15) is 28.6 Å². The van der Waals surface area contributed by atoms with Gasteiger partial charge in [0, 0.05) is 12.2 Å². The Bertz CT molecular complexity index is 1100. The Labute approximate surface area is 163 Å². The minimum Gasteiger partial charge on any atom is -0.459 e. The Hall–Kier alpha value is -3.06. The summed E-state index contributed by atoms with van der Waals surface area (Å²) in [6, 6.07) is 15.4. The van der Waals surface area contributed by atoms with Crippen LogP contribution in [0.4, 0.5) is 11.4 Å². The molecule has 1 amide bonds. The summed E-state index contributed by atoms with van der Waals surface area (Å²) < 4.78 is 33.2. The number of fused-ring (bicyclic) bond motifs is 1. The molecular formula is C21H20N2O4S. The Balaban J connectivity index is 1.60. The fourth-order valence-electron chi connectivity index (χ4n) is 3.31. The Morgan fingerprint density at radius 3 is 2.61 bits per heavy atom. The summed E-state index contributed by atoms with van der Waals surface area (Å²) in [5.41, 5.74) is 3.18. The van der Waals surface area contributed by atoms with E-state index in [4.69, 9.17) is 4.42 Å². The van der Waals surface area contributed by atoms with Crippen LogP contribution in [-0.2, 0) is 22.9 Å². The molecule has 0 bridgehead atoms. The lowest BCUT2D eigenvalue weighted by atomic mass is 10.1. The molecule has 2 aromatic carbocycles. The van der Waals surface area contributed by atoms with Crippen LogP contribution in [0.15, 0.2) is 70.2 Å². The fraction of sp³-hybridized carbons (Fsp3) is 0.190. The van der Waals surface area contributed by atoms with Crippen LogP contribution in [0.3, 0.4) is 0 Å². The number of benzene rings is 2. The molecule has 2 heterocycles. The van der Waals surface area contributed by atoms with Crippen LogP contribution >= 0.6 is 0 Å². The van der Waals surface area contributed by atoms with E-state index in [1.165, 1.54) is 6.26 Å². The molecule has 144 valence electrons. The lowest BCUT2D eigenvalue weighted by Crippen LogP contribution is -2.28. The molecular weight excluding hydrogens is 376 g/mol. The van der Waals surface area contributed by atoms with Gasteiger partial charge in [-0.2, -0.15) is 0 Å². The second-order valence-electron chi connectivity index (χ2n) is 6.63. The smallest absolute Gasteiger partial charge is 0.293 e. The van der Waals surface area contributed by atoms with Gasteiger partial charge in [-0.1, -0.05) is 25.1 Å². The van der Waals surface area contributed by atoms with Crippen LogP contribution in [0.2, 0.25) is 0 Å². The summed E-state index contributed by atoms with van der Waals surface area (Å²) in [4.78, 5) is 14.5. The van der Waals surface area contributed by atoms with Gasteiger partial charge in [-0.15, -0.1) is 0 Å². The molecule has 0 spiro atoms. The summed E-state index contributed by atoms with van der Waals surface area (Å²) in [5, 5.41) is 0. The van der Waals surface area contributed by atoms with E-state index in [1.807, 2.05) is 13.0 Å². The minimum atomic E-state index is -3.71. The highest BCUT2D eigenvalue weighted by molar-refractivity contribution is 7.92. The molecule has 6 nitrogen and oxygen atoms in total. The molecule has 28 heavy (non-hydrogen) atoms. The molecule has 1 N–H and O–H groups in total. The van der Waals surface area contributed by atoms with Crippen LogP contribution < -0.4 is 9.62 Å². The highest BCUT2D eigenvalue weighted by atomic mass is 32.2. The maximum atomic E-state index is 12.7. The van der Waals surface area contributed by atoms with Crippen molar-refractivity contribution in [3.05, 3.63) is 77.7 Å². The minimum absolute atomic E-state index is 0.203. The molecule has 1 aromatic heterocycles. The van der Waals surface area contributed by atoms with E-state index >= 15 is 0 Å². The molecule has 0 saturated carbocycles. The van der Waals surface area contributed by atoms with Gasteiger partial charge in [0.05, 0.1) is 16.8 Å². The number of nitrogens with one attached hydrogen (secondary N) is 1. The highest BCUT2D eigenvalue weighted by Crippen LogP contribution is 2.32. The van der Waals surface area contributed by atoms with E-state index in [-0.39, 0.29) is 16.6 Å². The van der Waals surface area contributed by atoms with Gasteiger partial charge < -0.3 is 9.32 Å². The topological polar surface area (TPSA) is 79.6 Å². The van der Waals surface area contributed by atoms with Crippen molar-refractivity contribution in [2.45, 2.75) is 24.7 Å². The average Bonchev–Trinajstić information content (AvgIpc) is 3.37. The van der Waals surface area contributed by atoms with Crippen molar-refractivity contribution in [2.24, 2.45) is 0 Å². The number of carbonyl (C=O) groups excluding carboxylic acids is 1. The lowest BCUT2D eigenvalue weighted by molar-refractivity contribution is 0.0963. The first-order valence-electron chi connectivity index (χ1n) is 9.08. The lowest BCUT2D eigenvalue weighted by Gasteiger charge is -2.17. The molecule has 1 aliphatic heterocycles. The van der Waals surface area contributed by atoms with E-state index in [1.54, 1.807) is 53.4 Å². The van der Waals surface area contributed by atoms with Crippen molar-refractivity contribution in [1.82, 2.24) is 0 Å². The number of amides is 1. The van der Waals surface area contributed by atoms with Gasteiger partial charge in [0.1, 0.15) is 0 Å². The molecule has 4 rings (SSSR count). The number of sulfonamides is 1. The van der Waals surface area contributed by atoms with E-state index in [9.17, 15) is 13.2 Å². The number of aryl methyl sites for hydroxylation is 1. The monoisotopic (exact) mass is 396 g/mol. The van der Waals surface area contributed by atoms with Crippen LogP contribution in [0, 0.1) is 0 Å². The summed E-state index contributed by atoms with van der Waals surface area (Å²) >= 11 is 0. The molecule has 0 saturated heterocycles. The van der Waals surface area contributed by atoms with Crippen molar-refractivity contribution in [3.8, 4) is 0 Å². The van der Waals surface area contributed by atoms with Gasteiger partial charge >= 0.3 is 0 Å². The maximum absolute atomic E-state index is 12.7. The maximum Gasteiger partial charge on any atom is 0.293 e. The largest absolute Gasteiger partial charge is 0.459 e. The van der Waals surface area contributed by atoms with Crippen molar-refractivity contribution < 1.29 is 17.6 Å². The third kappa shape index (κ3) is 3.41. The van der Waals surface area contributed by atoms with Gasteiger partial charge in [0.15, 0.2) is 5.76 Å². The number of rotatable bonds is 5. The molecule has 0 aliphatic carbocycles. The van der Waals surface area contributed by atoms with Crippen LogP contribution in [0.5, 0.6) is 0 Å². The highest BCUT2D eigenvalue weighted by Gasteiger charge is 2.27. The first kappa shape index (κ1) is 18.3. The number of hydrogen-bond donors (Lipinski definition) is 1. The Kier molecular flexibility index (Phi) is 4.68. The third-order valence-electron chi connectivity index (χ3n) is 4.85. The summed E-state index contributed by atoms with van der Waals surface area (Å²) in [7, 11) is -3.71. The molecule has 7 heteroatoms. The molecule has 0 atom stereocenters. The molecule has 0 unspecified atom stereocenters. The molecule has 0 radical (unpaired) electrons. The second kappa shape index (κ2) is 7.16. The van der Waals surface area contributed by atoms with Gasteiger partial charge in [-0.25, -0.2) is 8.42 Å². The van der Waals surface area contributed by atoms with E-state index in [0.29, 0.717) is 24.3 Å². The Morgan fingerprint density at radius 1 is 1.14 bits per heavy atom. The van der Waals surface area contributed by atoms with Crippen LogP contribution in [-0.4, -0.2) is 20.9 Å². The quantitative estimate of drug-likeness (QED) is 0.710. The normalized spacial score (nSPS) is 13.4. The second-order valence-corrected chi connectivity index (χ2v) is 8.31. The number of hydrogen-bond acceptors (Lipinski definition) is 4. The first-order valence-corrected chi connectivity index (χ1v) is 10.6. The first-order chi connectivity index (χ1) is 13.5. The summed E-state index contributed by atoms with van der Waals surface area (Å²) in [5.74, 6) is 0.0220. The SMILES string of the molecule is CCc1ccc(S(=O)(=O)Nc2ccc3c(c2)N(C(=O)c2ccco2)CC3)cc1. The van der Waals surface area contributed by atoms with Gasteiger partial charge in [-0.3, -0.25) is 9.52 Å². The van der Waals surface area contributed by atoms with Crippen molar-refractivity contribution >= 4 is 27.3 Å². The Morgan fingerprint density at radius 2 is 1.93 bits per heavy atom. The van der Waals surface area contributed by atoms with Crippen molar-refractivity contribution in [3.63, 3.8) is 0 Å². The summed E-state index contributed by atoms with van der Waals surface area (Å²) in [6.07, 6.45) is 3.02. The standard InChI is InChI=1S/C21H20N2O4S/c1-2-15-5-9-18(10-6-15)28(25,26)22-17-8-7-16-11-12-23(19(16)14-17)21(24)20-4-3-13-27-20/h3-10,13-14,22H,2,11-12H2,1H3. The number of carbonyl (C=O) groups is 1. The van der Waals surface area contributed by atoms with E-state index in [0.717, 1.165) is 17.5 Å². The summed E-state index contributed by atoms with van der Waals surface area (Å²) in [6.45, 7) is 2.55. The zero-order valence-electron chi connectivity index (χ0n) is 15.4. The van der Waals surface area contributed by atoms with Gasteiger partial charge in [0.25, 0.3) is 15.9 Å². The van der Waals surface area contributed by atoms with Crippen LogP contribution in [0.25, 0.3) is 0 Å². The third-order valence-corrected chi connectivity index (χ3v) is 6.25. The number of furan rings is 1. The van der Waals surface area contributed by atoms with Gasteiger partial charge in [-0.05, 0) is 60.4 Å². The zero-order valence-corrected chi connectivity index (χ0v) is 16.2. The fourth-order valence-corrected chi connectivity index (χ4v) is 4.35. The van der Waals surface area contributed by atoms with Gasteiger partial charge in [0.2, 0.25) is 0 Å².